The Bertz CT molecular complexity index is 972. The van der Waals surface area contributed by atoms with E-state index in [0.717, 1.165) is 5.56 Å². The van der Waals surface area contributed by atoms with Crippen LogP contribution < -0.4 is 9.64 Å². The van der Waals surface area contributed by atoms with Crippen LogP contribution >= 0.6 is 11.6 Å². The minimum absolute atomic E-state index is 0.0115. The van der Waals surface area contributed by atoms with Crippen LogP contribution in [0, 0.1) is 0 Å². The molecule has 0 radical (unpaired) electrons. The molecule has 1 saturated heterocycles. The topological polar surface area (TPSA) is 68.5 Å². The Hall–Kier alpha value is -2.86. The summed E-state index contributed by atoms with van der Waals surface area (Å²) in [6.07, 6.45) is 0.306. The Kier molecular flexibility index (Phi) is 4.81. The maximum absolute atomic E-state index is 12.5. The van der Waals surface area contributed by atoms with E-state index >= 15 is 0 Å². The molecule has 0 saturated carbocycles. The molecule has 6 nitrogen and oxygen atoms in total. The summed E-state index contributed by atoms with van der Waals surface area (Å²) in [5, 5.41) is 4.64. The van der Waals surface area contributed by atoms with Gasteiger partial charge in [-0.3, -0.25) is 4.79 Å². The second-order valence-electron chi connectivity index (χ2n) is 6.24. The van der Waals surface area contributed by atoms with Crippen molar-refractivity contribution in [2.24, 2.45) is 0 Å². The third kappa shape index (κ3) is 3.40. The molecule has 0 spiro atoms. The average molecular weight is 384 g/mol. The van der Waals surface area contributed by atoms with Gasteiger partial charge in [-0.2, -0.15) is 4.98 Å². The number of rotatable bonds is 5. The molecule has 1 aliphatic rings. The number of hydrogen-bond acceptors (Lipinski definition) is 5. The van der Waals surface area contributed by atoms with Gasteiger partial charge in [0.05, 0.1) is 28.8 Å². The zero-order valence-corrected chi connectivity index (χ0v) is 15.5. The van der Waals surface area contributed by atoms with Gasteiger partial charge in [0.1, 0.15) is 5.75 Å². The molecule has 1 amide bonds. The van der Waals surface area contributed by atoms with Crippen molar-refractivity contribution >= 4 is 23.2 Å². The molecular formula is C20H18ClN3O3. The van der Waals surface area contributed by atoms with Crippen molar-refractivity contribution in [3.8, 4) is 17.1 Å². The average Bonchev–Trinajstić information content (AvgIpc) is 3.30. The Labute approximate surface area is 161 Å². The largest absolute Gasteiger partial charge is 0.493 e. The summed E-state index contributed by atoms with van der Waals surface area (Å²) in [5.74, 6) is 1.42. The number of anilines is 1. The van der Waals surface area contributed by atoms with Crippen molar-refractivity contribution in [3.05, 3.63) is 59.4 Å². The van der Waals surface area contributed by atoms with Crippen molar-refractivity contribution in [2.45, 2.75) is 19.3 Å². The molecule has 1 aliphatic heterocycles. The number of nitrogens with zero attached hydrogens (tertiary/aromatic N) is 3. The van der Waals surface area contributed by atoms with E-state index in [9.17, 15) is 4.79 Å². The van der Waals surface area contributed by atoms with Crippen LogP contribution in [0.15, 0.2) is 53.1 Å². The lowest BCUT2D eigenvalue weighted by atomic mass is 10.1. The van der Waals surface area contributed by atoms with Crippen molar-refractivity contribution in [2.75, 3.05) is 18.1 Å². The smallest absolute Gasteiger partial charge is 0.232 e. The Morgan fingerprint density at radius 3 is 2.81 bits per heavy atom. The molecule has 1 fully saturated rings. The molecule has 3 aromatic rings. The molecule has 27 heavy (non-hydrogen) atoms. The highest BCUT2D eigenvalue weighted by atomic mass is 35.5. The molecule has 7 heteroatoms. The molecular weight excluding hydrogens is 366 g/mol. The van der Waals surface area contributed by atoms with Gasteiger partial charge >= 0.3 is 0 Å². The third-order valence-electron chi connectivity index (χ3n) is 4.49. The van der Waals surface area contributed by atoms with Crippen LogP contribution in [-0.4, -0.2) is 29.2 Å². The number of ether oxygens (including phenoxy) is 1. The molecule has 2 heterocycles. The van der Waals surface area contributed by atoms with Crippen LogP contribution in [0.2, 0.25) is 5.02 Å². The fourth-order valence-corrected chi connectivity index (χ4v) is 3.46. The first-order valence-corrected chi connectivity index (χ1v) is 9.16. The summed E-state index contributed by atoms with van der Waals surface area (Å²) in [6.45, 7) is 2.93. The molecule has 0 aliphatic carbocycles. The summed E-state index contributed by atoms with van der Waals surface area (Å²) >= 11 is 6.24. The highest BCUT2D eigenvalue weighted by Gasteiger charge is 2.36. The SMILES string of the molecule is CCOc1ccccc1-c1noc(C2CC(=O)N(c3ccccc3Cl)C2)n1. The second kappa shape index (κ2) is 7.40. The quantitative estimate of drug-likeness (QED) is 0.656. The Morgan fingerprint density at radius 1 is 1.22 bits per heavy atom. The molecule has 0 bridgehead atoms. The van der Waals surface area contributed by atoms with Gasteiger partial charge in [-0.1, -0.05) is 41.0 Å². The first-order valence-electron chi connectivity index (χ1n) is 8.78. The highest BCUT2D eigenvalue weighted by Crippen LogP contribution is 2.36. The maximum Gasteiger partial charge on any atom is 0.232 e. The standard InChI is InChI=1S/C20H18ClN3O3/c1-2-26-17-10-6-3-7-14(17)19-22-20(27-23-19)13-11-18(25)24(12-13)16-9-5-4-8-15(16)21/h3-10,13H,2,11-12H2,1H3. The van der Waals surface area contributed by atoms with E-state index in [1.54, 1.807) is 11.0 Å². The van der Waals surface area contributed by atoms with Crippen molar-refractivity contribution < 1.29 is 14.1 Å². The number of aromatic nitrogens is 2. The normalized spacial score (nSPS) is 16.7. The van der Waals surface area contributed by atoms with Crippen molar-refractivity contribution in [3.63, 3.8) is 0 Å². The molecule has 0 N–H and O–H groups in total. The predicted molar refractivity (Wildman–Crippen MR) is 102 cm³/mol. The zero-order valence-electron chi connectivity index (χ0n) is 14.8. The van der Waals surface area contributed by atoms with E-state index in [1.165, 1.54) is 0 Å². The van der Waals surface area contributed by atoms with Crippen LogP contribution in [0.3, 0.4) is 0 Å². The first kappa shape index (κ1) is 17.5. The van der Waals surface area contributed by atoms with Gasteiger partial charge in [-0.15, -0.1) is 0 Å². The van der Waals surface area contributed by atoms with Gasteiger partial charge in [0.2, 0.25) is 17.6 Å². The van der Waals surface area contributed by atoms with Crippen LogP contribution in [0.1, 0.15) is 25.2 Å². The summed E-state index contributed by atoms with van der Waals surface area (Å²) < 4.78 is 11.1. The lowest BCUT2D eigenvalue weighted by Crippen LogP contribution is -2.24. The molecule has 4 rings (SSSR count). The molecule has 2 aromatic carbocycles. The number of carbonyl (C=O) groups excluding carboxylic acids is 1. The van der Waals surface area contributed by atoms with Crippen LogP contribution in [0.5, 0.6) is 5.75 Å². The number of halogens is 1. The Morgan fingerprint density at radius 2 is 2.00 bits per heavy atom. The maximum atomic E-state index is 12.5. The minimum atomic E-state index is -0.172. The molecule has 1 atom stereocenters. The van der Waals surface area contributed by atoms with E-state index in [4.69, 9.17) is 20.9 Å². The van der Waals surface area contributed by atoms with E-state index < -0.39 is 0 Å². The van der Waals surface area contributed by atoms with E-state index in [0.29, 0.717) is 47.7 Å². The summed E-state index contributed by atoms with van der Waals surface area (Å²) in [6, 6.07) is 14.8. The van der Waals surface area contributed by atoms with Crippen LogP contribution in [0.25, 0.3) is 11.4 Å². The number of hydrogen-bond donors (Lipinski definition) is 0. The van der Waals surface area contributed by atoms with E-state index in [-0.39, 0.29) is 11.8 Å². The van der Waals surface area contributed by atoms with Gasteiger partial charge in [0, 0.05) is 13.0 Å². The fraction of sp³-hybridized carbons (Fsp3) is 0.250. The number of amides is 1. The van der Waals surface area contributed by atoms with Gasteiger partial charge in [-0.05, 0) is 31.2 Å². The summed E-state index contributed by atoms with van der Waals surface area (Å²) in [5.41, 5.74) is 1.47. The van der Waals surface area contributed by atoms with Gasteiger partial charge in [0.25, 0.3) is 0 Å². The second-order valence-corrected chi connectivity index (χ2v) is 6.65. The molecule has 138 valence electrons. The fourth-order valence-electron chi connectivity index (χ4n) is 3.22. The lowest BCUT2D eigenvalue weighted by Gasteiger charge is -2.17. The molecule has 1 aromatic heterocycles. The number of carbonyl (C=O) groups is 1. The van der Waals surface area contributed by atoms with Crippen LogP contribution in [-0.2, 0) is 4.79 Å². The van der Waals surface area contributed by atoms with Gasteiger partial charge in [-0.25, -0.2) is 0 Å². The number of benzene rings is 2. The summed E-state index contributed by atoms with van der Waals surface area (Å²) in [7, 11) is 0. The highest BCUT2D eigenvalue weighted by molar-refractivity contribution is 6.33. The summed E-state index contributed by atoms with van der Waals surface area (Å²) in [4.78, 5) is 18.7. The first-order chi connectivity index (χ1) is 13.2. The zero-order chi connectivity index (χ0) is 18.8. The van der Waals surface area contributed by atoms with E-state index in [1.807, 2.05) is 49.4 Å². The van der Waals surface area contributed by atoms with Gasteiger partial charge in [0.15, 0.2) is 0 Å². The monoisotopic (exact) mass is 383 g/mol. The van der Waals surface area contributed by atoms with Crippen molar-refractivity contribution in [1.82, 2.24) is 10.1 Å². The van der Waals surface area contributed by atoms with Crippen molar-refractivity contribution in [1.29, 1.82) is 0 Å². The molecule has 1 unspecified atom stereocenters. The minimum Gasteiger partial charge on any atom is -0.493 e. The van der Waals surface area contributed by atoms with Crippen LogP contribution in [0.4, 0.5) is 5.69 Å². The third-order valence-corrected chi connectivity index (χ3v) is 4.81. The lowest BCUT2D eigenvalue weighted by molar-refractivity contribution is -0.117. The van der Waals surface area contributed by atoms with E-state index in [2.05, 4.69) is 10.1 Å². The van der Waals surface area contributed by atoms with Gasteiger partial charge < -0.3 is 14.2 Å². The predicted octanol–water partition coefficient (Wildman–Crippen LogP) is 4.31. The Balaban J connectivity index is 1.58. The number of para-hydroxylation sites is 2.